The molecule has 0 radical (unpaired) electrons. The Hall–Kier alpha value is -3.22. The standard InChI is InChI=1S/C22H17ClFN3O2/c23-16-7-4-13(5-8-16)20(12-28)25-22(29)15-6-9-19-18(11-15)21(27-26-19)14-2-1-3-17(24)10-14/h1-11,20,28H,12H2,(H,25,29)(H,26,27). The summed E-state index contributed by atoms with van der Waals surface area (Å²) >= 11 is 5.90. The molecule has 1 aromatic heterocycles. The summed E-state index contributed by atoms with van der Waals surface area (Å²) in [6.45, 7) is -0.254. The van der Waals surface area contributed by atoms with E-state index < -0.39 is 6.04 Å². The molecule has 1 heterocycles. The average molecular weight is 410 g/mol. The highest BCUT2D eigenvalue weighted by Crippen LogP contribution is 2.28. The summed E-state index contributed by atoms with van der Waals surface area (Å²) in [6, 6.07) is 17.6. The number of aromatic amines is 1. The van der Waals surface area contributed by atoms with Crippen molar-refractivity contribution in [1.29, 1.82) is 0 Å². The van der Waals surface area contributed by atoms with E-state index in [-0.39, 0.29) is 18.3 Å². The second-order valence-corrected chi connectivity index (χ2v) is 7.04. The van der Waals surface area contributed by atoms with Crippen molar-refractivity contribution < 1.29 is 14.3 Å². The predicted octanol–water partition coefficient (Wildman–Crippen LogP) is 4.49. The lowest BCUT2D eigenvalue weighted by molar-refractivity contribution is 0.0916. The third kappa shape index (κ3) is 3.99. The van der Waals surface area contributed by atoms with Crippen LogP contribution in [0.3, 0.4) is 0 Å². The molecule has 0 spiro atoms. The van der Waals surface area contributed by atoms with Crippen LogP contribution >= 0.6 is 11.6 Å². The van der Waals surface area contributed by atoms with Crippen molar-refractivity contribution in [1.82, 2.24) is 15.5 Å². The Bertz CT molecular complexity index is 1170. The van der Waals surface area contributed by atoms with Crippen LogP contribution in [-0.4, -0.2) is 27.8 Å². The van der Waals surface area contributed by atoms with Gasteiger partial charge in [0.05, 0.1) is 18.2 Å². The molecule has 1 unspecified atom stereocenters. The summed E-state index contributed by atoms with van der Waals surface area (Å²) in [4.78, 5) is 12.8. The van der Waals surface area contributed by atoms with Crippen molar-refractivity contribution in [2.45, 2.75) is 6.04 Å². The second-order valence-electron chi connectivity index (χ2n) is 6.60. The van der Waals surface area contributed by atoms with E-state index in [1.165, 1.54) is 12.1 Å². The van der Waals surface area contributed by atoms with Gasteiger partial charge in [0, 0.05) is 21.5 Å². The van der Waals surface area contributed by atoms with Gasteiger partial charge >= 0.3 is 0 Å². The lowest BCUT2D eigenvalue weighted by Gasteiger charge is -2.17. The number of carbonyl (C=O) groups excluding carboxylic acids is 1. The molecule has 4 rings (SSSR count). The molecule has 0 fully saturated rings. The molecule has 146 valence electrons. The maximum atomic E-state index is 13.6. The van der Waals surface area contributed by atoms with E-state index in [1.807, 2.05) is 0 Å². The van der Waals surface area contributed by atoms with Crippen LogP contribution < -0.4 is 5.32 Å². The monoisotopic (exact) mass is 409 g/mol. The van der Waals surface area contributed by atoms with E-state index in [9.17, 15) is 14.3 Å². The molecule has 0 saturated carbocycles. The lowest BCUT2D eigenvalue weighted by atomic mass is 10.0. The Morgan fingerprint density at radius 3 is 2.66 bits per heavy atom. The Labute approximate surface area is 171 Å². The van der Waals surface area contributed by atoms with Gasteiger partial charge in [0.2, 0.25) is 0 Å². The van der Waals surface area contributed by atoms with E-state index in [0.717, 1.165) is 11.1 Å². The van der Waals surface area contributed by atoms with Crippen LogP contribution in [0.4, 0.5) is 4.39 Å². The van der Waals surface area contributed by atoms with Crippen molar-refractivity contribution in [2.24, 2.45) is 0 Å². The maximum absolute atomic E-state index is 13.6. The highest BCUT2D eigenvalue weighted by Gasteiger charge is 2.17. The lowest BCUT2D eigenvalue weighted by Crippen LogP contribution is -2.30. The third-order valence-electron chi connectivity index (χ3n) is 4.68. The Balaban J connectivity index is 1.64. The number of aromatic nitrogens is 2. The van der Waals surface area contributed by atoms with Crippen LogP contribution in [0.2, 0.25) is 5.02 Å². The average Bonchev–Trinajstić information content (AvgIpc) is 3.16. The number of halogens is 2. The van der Waals surface area contributed by atoms with Crippen LogP contribution in [0, 0.1) is 5.82 Å². The van der Waals surface area contributed by atoms with Gasteiger partial charge in [-0.1, -0.05) is 35.9 Å². The molecule has 3 aromatic carbocycles. The van der Waals surface area contributed by atoms with Crippen LogP contribution in [0.25, 0.3) is 22.2 Å². The molecule has 7 heteroatoms. The third-order valence-corrected chi connectivity index (χ3v) is 4.94. The van der Waals surface area contributed by atoms with Gasteiger partial charge in [-0.2, -0.15) is 5.10 Å². The number of hydrogen-bond donors (Lipinski definition) is 3. The first-order valence-corrected chi connectivity index (χ1v) is 9.34. The van der Waals surface area contributed by atoms with Crippen LogP contribution in [-0.2, 0) is 0 Å². The number of benzene rings is 3. The smallest absolute Gasteiger partial charge is 0.251 e. The van der Waals surface area contributed by atoms with E-state index in [2.05, 4.69) is 15.5 Å². The zero-order chi connectivity index (χ0) is 20.4. The fraction of sp³-hybridized carbons (Fsp3) is 0.0909. The number of fused-ring (bicyclic) bond motifs is 1. The summed E-state index contributed by atoms with van der Waals surface area (Å²) < 4.78 is 13.6. The van der Waals surface area contributed by atoms with E-state index >= 15 is 0 Å². The highest BCUT2D eigenvalue weighted by atomic mass is 35.5. The van der Waals surface area contributed by atoms with Gasteiger partial charge in [0.15, 0.2) is 0 Å². The van der Waals surface area contributed by atoms with E-state index in [4.69, 9.17) is 11.6 Å². The number of aliphatic hydroxyl groups is 1. The number of amides is 1. The molecule has 0 aliphatic rings. The van der Waals surface area contributed by atoms with E-state index in [0.29, 0.717) is 27.2 Å². The molecular formula is C22H17ClFN3O2. The van der Waals surface area contributed by atoms with Gasteiger partial charge in [0.25, 0.3) is 5.91 Å². The normalized spacial score (nSPS) is 12.1. The molecule has 5 nitrogen and oxygen atoms in total. The molecule has 3 N–H and O–H groups in total. The van der Waals surface area contributed by atoms with Gasteiger partial charge in [-0.15, -0.1) is 0 Å². The van der Waals surface area contributed by atoms with E-state index in [1.54, 1.807) is 54.6 Å². The van der Waals surface area contributed by atoms with Crippen LogP contribution in [0.15, 0.2) is 66.7 Å². The van der Waals surface area contributed by atoms with Crippen molar-refractivity contribution in [3.63, 3.8) is 0 Å². The minimum absolute atomic E-state index is 0.254. The summed E-state index contributed by atoms with van der Waals surface area (Å²) in [5.74, 6) is -0.700. The van der Waals surface area contributed by atoms with Crippen LogP contribution in [0.1, 0.15) is 22.0 Å². The SMILES string of the molecule is O=C(NC(CO)c1ccc(Cl)cc1)c1ccc2[nH]nc(-c3cccc(F)c3)c2c1. The Morgan fingerprint density at radius 1 is 1.14 bits per heavy atom. The zero-order valence-electron chi connectivity index (χ0n) is 15.2. The number of nitrogens with one attached hydrogen (secondary N) is 2. The fourth-order valence-corrected chi connectivity index (χ4v) is 3.31. The molecule has 0 aliphatic carbocycles. The second kappa shape index (κ2) is 8.03. The van der Waals surface area contributed by atoms with Crippen molar-refractivity contribution in [3.8, 4) is 11.3 Å². The first kappa shape index (κ1) is 19.1. The number of H-pyrrole nitrogens is 1. The molecule has 4 aromatic rings. The molecule has 1 amide bonds. The summed E-state index contributed by atoms with van der Waals surface area (Å²) in [5, 5.41) is 21.0. The van der Waals surface area contributed by atoms with Crippen molar-refractivity contribution >= 4 is 28.4 Å². The molecule has 0 bridgehead atoms. The first-order chi connectivity index (χ1) is 14.0. The van der Waals surface area contributed by atoms with Gasteiger partial charge in [-0.25, -0.2) is 4.39 Å². The van der Waals surface area contributed by atoms with Gasteiger partial charge in [-0.3, -0.25) is 9.89 Å². The Morgan fingerprint density at radius 2 is 1.93 bits per heavy atom. The Kier molecular flexibility index (Phi) is 5.29. The summed E-state index contributed by atoms with van der Waals surface area (Å²) in [6.07, 6.45) is 0. The van der Waals surface area contributed by atoms with Gasteiger partial charge < -0.3 is 10.4 Å². The molecule has 0 saturated heterocycles. The van der Waals surface area contributed by atoms with Gasteiger partial charge in [0.1, 0.15) is 11.5 Å². The minimum atomic E-state index is -0.567. The van der Waals surface area contributed by atoms with Crippen LogP contribution in [0.5, 0.6) is 0 Å². The molecule has 29 heavy (non-hydrogen) atoms. The quantitative estimate of drug-likeness (QED) is 0.454. The van der Waals surface area contributed by atoms with Crippen molar-refractivity contribution in [3.05, 3.63) is 88.7 Å². The first-order valence-electron chi connectivity index (χ1n) is 8.96. The highest BCUT2D eigenvalue weighted by molar-refractivity contribution is 6.30. The number of carbonyl (C=O) groups is 1. The number of rotatable bonds is 5. The fourth-order valence-electron chi connectivity index (χ4n) is 3.18. The zero-order valence-corrected chi connectivity index (χ0v) is 15.9. The maximum Gasteiger partial charge on any atom is 0.251 e. The minimum Gasteiger partial charge on any atom is -0.394 e. The topological polar surface area (TPSA) is 78.0 Å². The summed E-state index contributed by atoms with van der Waals surface area (Å²) in [5.41, 5.74) is 3.06. The largest absolute Gasteiger partial charge is 0.394 e. The number of hydrogen-bond acceptors (Lipinski definition) is 3. The molecule has 1 atom stereocenters. The molecular weight excluding hydrogens is 393 g/mol. The number of aliphatic hydroxyl groups excluding tert-OH is 1. The van der Waals surface area contributed by atoms with Gasteiger partial charge in [-0.05, 0) is 48.0 Å². The molecule has 0 aliphatic heterocycles. The summed E-state index contributed by atoms with van der Waals surface area (Å²) in [7, 11) is 0. The number of nitrogens with zero attached hydrogens (tertiary/aromatic N) is 1. The predicted molar refractivity (Wildman–Crippen MR) is 110 cm³/mol. The van der Waals surface area contributed by atoms with Crippen molar-refractivity contribution in [2.75, 3.05) is 6.61 Å².